The van der Waals surface area contributed by atoms with Crippen LogP contribution in [0.1, 0.15) is 19.3 Å². The average Bonchev–Trinajstić information content (AvgIpc) is 1.90. The lowest BCUT2D eigenvalue weighted by Crippen LogP contribution is -2.30. The monoisotopic (exact) mass is 260 g/mol. The second-order valence-corrected chi connectivity index (χ2v) is 1.91. The molecular formula is C5H14Br2N2. The van der Waals surface area contributed by atoms with Crippen molar-refractivity contribution in [3.8, 4) is 0 Å². The van der Waals surface area contributed by atoms with Gasteiger partial charge in [0, 0.05) is 13.1 Å². The summed E-state index contributed by atoms with van der Waals surface area (Å²) in [6.07, 6.45) is 4.03. The van der Waals surface area contributed by atoms with Crippen molar-refractivity contribution in [2.45, 2.75) is 19.3 Å². The molecule has 0 atom stereocenters. The highest BCUT2D eigenvalue weighted by Crippen LogP contribution is 1.93. The molecule has 0 aromatic carbocycles. The summed E-state index contributed by atoms with van der Waals surface area (Å²) in [4.78, 5) is 0. The van der Waals surface area contributed by atoms with Crippen molar-refractivity contribution in [2.75, 3.05) is 13.1 Å². The van der Waals surface area contributed by atoms with Gasteiger partial charge in [0.2, 0.25) is 0 Å². The van der Waals surface area contributed by atoms with E-state index in [4.69, 9.17) is 0 Å². The number of rotatable bonds is 0. The highest BCUT2D eigenvalue weighted by atomic mass is 79.9. The molecule has 4 heteroatoms. The van der Waals surface area contributed by atoms with Crippen LogP contribution in [-0.2, 0) is 0 Å². The highest BCUT2D eigenvalue weighted by Gasteiger charge is 1.92. The molecule has 1 heterocycles. The molecule has 58 valence electrons. The Bertz CT molecular complexity index is 32.6. The first kappa shape index (κ1) is 12.5. The molecule has 0 saturated carbocycles. The second kappa shape index (κ2) is 8.88. The van der Waals surface area contributed by atoms with Crippen LogP contribution in [-0.4, -0.2) is 13.1 Å². The molecule has 2 N–H and O–H groups in total. The van der Waals surface area contributed by atoms with Gasteiger partial charge in [0.05, 0.1) is 0 Å². The summed E-state index contributed by atoms with van der Waals surface area (Å²) in [5.74, 6) is 0. The zero-order valence-electron chi connectivity index (χ0n) is 5.35. The van der Waals surface area contributed by atoms with E-state index in [0.29, 0.717) is 0 Å². The fraction of sp³-hybridized carbons (Fsp3) is 1.00. The summed E-state index contributed by atoms with van der Waals surface area (Å²) in [7, 11) is 0. The van der Waals surface area contributed by atoms with Gasteiger partial charge >= 0.3 is 0 Å². The fourth-order valence-electron chi connectivity index (χ4n) is 0.780. The molecule has 1 aliphatic rings. The van der Waals surface area contributed by atoms with E-state index in [0.717, 1.165) is 13.1 Å². The van der Waals surface area contributed by atoms with Crippen LogP contribution >= 0.6 is 34.0 Å². The minimum Gasteiger partial charge on any atom is -0.258 e. The Labute approximate surface area is 77.3 Å². The lowest BCUT2D eigenvalue weighted by atomic mass is 10.2. The van der Waals surface area contributed by atoms with Crippen molar-refractivity contribution in [3.63, 3.8) is 0 Å². The molecule has 0 aromatic rings. The van der Waals surface area contributed by atoms with Gasteiger partial charge < -0.3 is 0 Å². The molecule has 1 rings (SSSR count). The molecule has 1 fully saturated rings. The maximum Gasteiger partial charge on any atom is 0.00997 e. The molecule has 1 saturated heterocycles. The average molecular weight is 262 g/mol. The summed E-state index contributed by atoms with van der Waals surface area (Å²) in [5.41, 5.74) is 6.19. The van der Waals surface area contributed by atoms with E-state index in [1.165, 1.54) is 19.3 Å². The molecule has 0 spiro atoms. The zero-order valence-corrected chi connectivity index (χ0v) is 8.78. The molecule has 0 radical (unpaired) electrons. The number of hydrogen-bond donors (Lipinski definition) is 2. The minimum atomic E-state index is 0. The number of nitrogens with one attached hydrogen (secondary N) is 2. The first-order chi connectivity index (χ1) is 3.50. The molecule has 2 nitrogen and oxygen atoms in total. The van der Waals surface area contributed by atoms with Gasteiger partial charge in [-0.3, -0.25) is 10.9 Å². The van der Waals surface area contributed by atoms with Crippen LogP contribution in [0.25, 0.3) is 0 Å². The Morgan fingerprint density at radius 1 is 0.667 bits per heavy atom. The van der Waals surface area contributed by atoms with E-state index in [9.17, 15) is 0 Å². The van der Waals surface area contributed by atoms with Crippen LogP contribution in [0.5, 0.6) is 0 Å². The van der Waals surface area contributed by atoms with Crippen LogP contribution in [0.2, 0.25) is 0 Å². The van der Waals surface area contributed by atoms with Gasteiger partial charge in [0.25, 0.3) is 0 Å². The first-order valence-corrected chi connectivity index (χ1v) is 2.96. The quantitative estimate of drug-likeness (QED) is 0.689. The first-order valence-electron chi connectivity index (χ1n) is 2.96. The van der Waals surface area contributed by atoms with Crippen molar-refractivity contribution < 1.29 is 0 Å². The standard InChI is InChI=1S/C5H12N2.2BrH/c1-2-4-6-7-5-3-1;;/h6-7H,1-5H2;2*1H. The van der Waals surface area contributed by atoms with Gasteiger partial charge in [-0.25, -0.2) is 0 Å². The number of hydrogen-bond acceptors (Lipinski definition) is 2. The fourth-order valence-corrected chi connectivity index (χ4v) is 0.780. The Balaban J connectivity index is 0. The van der Waals surface area contributed by atoms with E-state index >= 15 is 0 Å². The van der Waals surface area contributed by atoms with Crippen molar-refractivity contribution in [3.05, 3.63) is 0 Å². The number of halogens is 2. The Kier molecular flexibility index (Phi) is 12.4. The molecule has 1 aliphatic heterocycles. The SMILES string of the molecule is Br.Br.C1CCNNCC1. The third-order valence-corrected chi connectivity index (χ3v) is 1.23. The summed E-state index contributed by atoms with van der Waals surface area (Å²) < 4.78 is 0. The summed E-state index contributed by atoms with van der Waals surface area (Å²) in [6, 6.07) is 0. The van der Waals surface area contributed by atoms with Crippen molar-refractivity contribution in [2.24, 2.45) is 0 Å². The van der Waals surface area contributed by atoms with Gasteiger partial charge in [-0.15, -0.1) is 34.0 Å². The topological polar surface area (TPSA) is 24.1 Å². The Morgan fingerprint density at radius 2 is 1.11 bits per heavy atom. The predicted molar refractivity (Wildman–Crippen MR) is 50.5 cm³/mol. The van der Waals surface area contributed by atoms with Crippen LogP contribution in [0.3, 0.4) is 0 Å². The third-order valence-electron chi connectivity index (χ3n) is 1.23. The molecule has 9 heavy (non-hydrogen) atoms. The summed E-state index contributed by atoms with van der Waals surface area (Å²) >= 11 is 0. The van der Waals surface area contributed by atoms with Gasteiger partial charge in [0.15, 0.2) is 0 Å². The summed E-state index contributed by atoms with van der Waals surface area (Å²) in [5, 5.41) is 0. The van der Waals surface area contributed by atoms with E-state index in [1.807, 2.05) is 0 Å². The van der Waals surface area contributed by atoms with Crippen LogP contribution < -0.4 is 10.9 Å². The van der Waals surface area contributed by atoms with E-state index in [2.05, 4.69) is 10.9 Å². The summed E-state index contributed by atoms with van der Waals surface area (Å²) in [6.45, 7) is 2.28. The van der Waals surface area contributed by atoms with Crippen molar-refractivity contribution >= 4 is 34.0 Å². The molecule has 0 bridgehead atoms. The lowest BCUT2D eigenvalue weighted by Gasteiger charge is -1.95. The molecule has 0 aromatic heterocycles. The highest BCUT2D eigenvalue weighted by molar-refractivity contribution is 8.93. The number of hydrazine groups is 1. The maximum atomic E-state index is 3.10. The Hall–Kier alpha value is 0.880. The van der Waals surface area contributed by atoms with Crippen LogP contribution in [0.15, 0.2) is 0 Å². The molecular weight excluding hydrogens is 248 g/mol. The van der Waals surface area contributed by atoms with Gasteiger partial charge in [-0.05, 0) is 12.8 Å². The lowest BCUT2D eigenvalue weighted by molar-refractivity contribution is 0.573. The predicted octanol–water partition coefficient (Wildman–Crippen LogP) is 1.42. The third kappa shape index (κ3) is 6.77. The van der Waals surface area contributed by atoms with Crippen molar-refractivity contribution in [1.29, 1.82) is 0 Å². The zero-order chi connectivity index (χ0) is 4.95. The van der Waals surface area contributed by atoms with Crippen LogP contribution in [0.4, 0.5) is 0 Å². The normalized spacial score (nSPS) is 18.7. The smallest absolute Gasteiger partial charge is 0.00997 e. The minimum absolute atomic E-state index is 0. The van der Waals surface area contributed by atoms with Gasteiger partial charge in [0.1, 0.15) is 0 Å². The Morgan fingerprint density at radius 3 is 1.56 bits per heavy atom. The van der Waals surface area contributed by atoms with Gasteiger partial charge in [-0.2, -0.15) is 0 Å². The van der Waals surface area contributed by atoms with E-state index in [1.54, 1.807) is 0 Å². The van der Waals surface area contributed by atoms with Crippen LogP contribution in [0, 0.1) is 0 Å². The van der Waals surface area contributed by atoms with Gasteiger partial charge in [-0.1, -0.05) is 6.42 Å². The van der Waals surface area contributed by atoms with Crippen molar-refractivity contribution in [1.82, 2.24) is 10.9 Å². The second-order valence-electron chi connectivity index (χ2n) is 1.91. The molecule has 0 unspecified atom stereocenters. The largest absolute Gasteiger partial charge is 0.258 e. The molecule has 0 amide bonds. The van der Waals surface area contributed by atoms with E-state index in [-0.39, 0.29) is 34.0 Å². The van der Waals surface area contributed by atoms with E-state index < -0.39 is 0 Å². The maximum absolute atomic E-state index is 3.10. The molecule has 0 aliphatic carbocycles.